The van der Waals surface area contributed by atoms with E-state index in [-0.39, 0.29) is 29.4 Å². The Morgan fingerprint density at radius 3 is 2.42 bits per heavy atom. The third-order valence-corrected chi connectivity index (χ3v) is 5.70. The van der Waals surface area contributed by atoms with Gasteiger partial charge in [0.25, 0.3) is 0 Å². The summed E-state index contributed by atoms with van der Waals surface area (Å²) in [5, 5.41) is 7.82. The zero-order chi connectivity index (χ0) is 18.9. The molecule has 1 heterocycles. The average Bonchev–Trinajstić information content (AvgIpc) is 3.11. The van der Waals surface area contributed by atoms with Crippen molar-refractivity contribution < 1.29 is 9.59 Å². The molecule has 0 aliphatic rings. The van der Waals surface area contributed by atoms with E-state index in [2.05, 4.69) is 21.6 Å². The fraction of sp³-hybridized carbons (Fsp3) is 0.368. The zero-order valence-corrected chi connectivity index (χ0v) is 17.0. The first kappa shape index (κ1) is 20.5. The third-order valence-electron chi connectivity index (χ3n) is 3.79. The van der Waals surface area contributed by atoms with Gasteiger partial charge in [-0.3, -0.25) is 9.59 Å². The fourth-order valence-electron chi connectivity index (χ4n) is 2.35. The number of amides is 2. The number of anilines is 1. The molecule has 1 unspecified atom stereocenters. The van der Waals surface area contributed by atoms with E-state index < -0.39 is 0 Å². The summed E-state index contributed by atoms with van der Waals surface area (Å²) in [5.41, 5.74) is 1.92. The minimum atomic E-state index is -0.101. The number of nitrogens with one attached hydrogen (secondary N) is 2. The predicted octanol–water partition coefficient (Wildman–Crippen LogP) is 3.15. The van der Waals surface area contributed by atoms with Crippen LogP contribution in [-0.4, -0.2) is 48.9 Å². The first-order valence-electron chi connectivity index (χ1n) is 8.36. The summed E-state index contributed by atoms with van der Waals surface area (Å²) in [5.74, 6) is 0.368. The second kappa shape index (κ2) is 10.4. The molecule has 7 heteroatoms. The van der Waals surface area contributed by atoms with Crippen LogP contribution in [0.1, 0.15) is 16.5 Å². The van der Waals surface area contributed by atoms with Crippen LogP contribution in [0.25, 0.3) is 0 Å². The van der Waals surface area contributed by atoms with Crippen molar-refractivity contribution in [2.45, 2.75) is 13.0 Å². The average molecular weight is 392 g/mol. The number of hydrogen-bond donors (Lipinski definition) is 2. The number of carbonyl (C=O) groups excluding carboxylic acids is 2. The number of thioether (sulfide) groups is 1. The number of aryl methyl sites for hydroxylation is 1. The van der Waals surface area contributed by atoms with Gasteiger partial charge in [0.05, 0.1) is 17.5 Å². The molecule has 5 nitrogen and oxygen atoms in total. The molecule has 1 atom stereocenters. The van der Waals surface area contributed by atoms with Gasteiger partial charge in [0.15, 0.2) is 0 Å². The Bertz CT molecular complexity index is 700. The normalized spacial score (nSPS) is 12.0. The Kier molecular flexibility index (Phi) is 8.15. The van der Waals surface area contributed by atoms with Gasteiger partial charge in [-0.1, -0.05) is 23.8 Å². The summed E-state index contributed by atoms with van der Waals surface area (Å²) in [6.45, 7) is 2.56. The molecule has 1 aromatic heterocycles. The summed E-state index contributed by atoms with van der Waals surface area (Å²) in [6, 6.07) is 11.9. The summed E-state index contributed by atoms with van der Waals surface area (Å²) >= 11 is 3.00. The van der Waals surface area contributed by atoms with Crippen LogP contribution in [0, 0.1) is 6.92 Å². The van der Waals surface area contributed by atoms with Gasteiger partial charge in [-0.25, -0.2) is 0 Å². The molecule has 0 spiro atoms. The van der Waals surface area contributed by atoms with Crippen LogP contribution in [0.3, 0.4) is 0 Å². The van der Waals surface area contributed by atoms with E-state index in [1.54, 1.807) is 11.3 Å². The zero-order valence-electron chi connectivity index (χ0n) is 15.3. The fourth-order valence-corrected chi connectivity index (χ4v) is 3.92. The Balaban J connectivity index is 1.68. The molecule has 0 fully saturated rings. The first-order chi connectivity index (χ1) is 12.5. The lowest BCUT2D eigenvalue weighted by molar-refractivity contribution is -0.118. The molecule has 2 N–H and O–H groups in total. The molecule has 0 bridgehead atoms. The maximum absolute atomic E-state index is 12.0. The van der Waals surface area contributed by atoms with Gasteiger partial charge in [-0.2, -0.15) is 0 Å². The highest BCUT2D eigenvalue weighted by Crippen LogP contribution is 2.22. The molecule has 0 aliphatic carbocycles. The smallest absolute Gasteiger partial charge is 0.234 e. The number of rotatable bonds is 9. The van der Waals surface area contributed by atoms with Crippen molar-refractivity contribution in [1.29, 1.82) is 0 Å². The highest BCUT2D eigenvalue weighted by atomic mass is 32.2. The second-order valence-electron chi connectivity index (χ2n) is 6.21. The minimum absolute atomic E-state index is 0.0541. The van der Waals surface area contributed by atoms with Crippen molar-refractivity contribution in [2.24, 2.45) is 0 Å². The van der Waals surface area contributed by atoms with Gasteiger partial charge in [0.1, 0.15) is 0 Å². The molecule has 0 aliphatic heterocycles. The van der Waals surface area contributed by atoms with E-state index in [4.69, 9.17) is 0 Å². The molecule has 0 radical (unpaired) electrons. The Hall–Kier alpha value is -1.83. The van der Waals surface area contributed by atoms with E-state index in [9.17, 15) is 9.59 Å². The van der Waals surface area contributed by atoms with Crippen LogP contribution in [0.15, 0.2) is 41.8 Å². The number of likely N-dealkylation sites (N-methyl/N-ethyl adjacent to an activating group) is 1. The second-order valence-corrected chi connectivity index (χ2v) is 8.17. The van der Waals surface area contributed by atoms with Crippen molar-refractivity contribution in [3.05, 3.63) is 52.2 Å². The molecule has 1 aromatic carbocycles. The maximum atomic E-state index is 12.0. The predicted molar refractivity (Wildman–Crippen MR) is 111 cm³/mol. The molecule has 0 saturated heterocycles. The molecule has 140 valence electrons. The lowest BCUT2D eigenvalue weighted by Gasteiger charge is -2.23. The molecule has 26 heavy (non-hydrogen) atoms. The highest BCUT2D eigenvalue weighted by Gasteiger charge is 2.16. The third kappa shape index (κ3) is 6.82. The van der Waals surface area contributed by atoms with Gasteiger partial charge in [-0.05, 0) is 44.6 Å². The van der Waals surface area contributed by atoms with Crippen LogP contribution in [0.4, 0.5) is 5.69 Å². The Morgan fingerprint density at radius 2 is 1.81 bits per heavy atom. The Morgan fingerprint density at radius 1 is 1.12 bits per heavy atom. The number of carbonyl (C=O) groups is 2. The van der Waals surface area contributed by atoms with Gasteiger partial charge in [0.2, 0.25) is 11.8 Å². The topological polar surface area (TPSA) is 61.4 Å². The monoisotopic (exact) mass is 391 g/mol. The lowest BCUT2D eigenvalue weighted by atomic mass is 10.2. The van der Waals surface area contributed by atoms with E-state index in [1.165, 1.54) is 16.6 Å². The number of thiophene rings is 1. The summed E-state index contributed by atoms with van der Waals surface area (Å²) in [4.78, 5) is 27.3. The number of hydrogen-bond acceptors (Lipinski definition) is 5. The van der Waals surface area contributed by atoms with E-state index in [1.807, 2.05) is 56.7 Å². The first-order valence-corrected chi connectivity index (χ1v) is 10.4. The maximum Gasteiger partial charge on any atom is 0.234 e. The minimum Gasteiger partial charge on any atom is -0.353 e. The van der Waals surface area contributed by atoms with Crippen LogP contribution < -0.4 is 10.6 Å². The summed E-state index contributed by atoms with van der Waals surface area (Å²) in [7, 11) is 4.00. The standard InChI is InChI=1S/C19H25N3O2S2/c1-14-6-8-15(9-7-14)21-19(24)13-25-12-18(23)20-11-16(22(2)3)17-5-4-10-26-17/h4-10,16H,11-13H2,1-3H3,(H,20,23)(H,21,24). The van der Waals surface area contributed by atoms with Crippen LogP contribution >= 0.6 is 23.1 Å². The van der Waals surface area contributed by atoms with Gasteiger partial charge in [0, 0.05) is 17.1 Å². The summed E-state index contributed by atoms with van der Waals surface area (Å²) < 4.78 is 0. The molecule has 2 amide bonds. The molecule has 2 aromatic rings. The number of benzene rings is 1. The van der Waals surface area contributed by atoms with E-state index in [0.29, 0.717) is 6.54 Å². The van der Waals surface area contributed by atoms with Crippen molar-refractivity contribution in [3.63, 3.8) is 0 Å². The van der Waals surface area contributed by atoms with Crippen molar-refractivity contribution in [3.8, 4) is 0 Å². The van der Waals surface area contributed by atoms with Crippen molar-refractivity contribution >= 4 is 40.6 Å². The van der Waals surface area contributed by atoms with Crippen LogP contribution in [0.5, 0.6) is 0 Å². The van der Waals surface area contributed by atoms with Crippen LogP contribution in [0.2, 0.25) is 0 Å². The summed E-state index contributed by atoms with van der Waals surface area (Å²) in [6.07, 6.45) is 0. The molecule has 0 saturated carbocycles. The Labute approximate surface area is 163 Å². The quantitative estimate of drug-likeness (QED) is 0.689. The highest BCUT2D eigenvalue weighted by molar-refractivity contribution is 8.00. The van der Waals surface area contributed by atoms with Gasteiger partial charge in [-0.15, -0.1) is 23.1 Å². The molecule has 2 rings (SSSR count). The SMILES string of the molecule is Cc1ccc(NC(=O)CSCC(=O)NCC(c2cccs2)N(C)C)cc1. The van der Waals surface area contributed by atoms with Crippen molar-refractivity contribution in [1.82, 2.24) is 10.2 Å². The van der Waals surface area contributed by atoms with E-state index in [0.717, 1.165) is 11.3 Å². The lowest BCUT2D eigenvalue weighted by Crippen LogP contribution is -2.35. The van der Waals surface area contributed by atoms with Gasteiger partial charge >= 0.3 is 0 Å². The molecular weight excluding hydrogens is 366 g/mol. The van der Waals surface area contributed by atoms with Crippen LogP contribution in [-0.2, 0) is 9.59 Å². The largest absolute Gasteiger partial charge is 0.353 e. The number of nitrogens with zero attached hydrogens (tertiary/aromatic N) is 1. The van der Waals surface area contributed by atoms with Crippen molar-refractivity contribution in [2.75, 3.05) is 37.5 Å². The molecular formula is C19H25N3O2S2. The van der Waals surface area contributed by atoms with E-state index >= 15 is 0 Å². The van der Waals surface area contributed by atoms with Gasteiger partial charge < -0.3 is 15.5 Å².